The lowest BCUT2D eigenvalue weighted by Crippen LogP contribution is -2.54. The standard InChI is InChI=1S/C21H18N2O4S/c1-12(2)14-8-6-13(7-9-14)10-17-18(24)22-21(28)23(19(17)25)16-5-3-4-15(11-16)20(26)27/h3-12H,1-2H3,(H,26,27)(H,22,24,28). The summed E-state index contributed by atoms with van der Waals surface area (Å²) in [5, 5.41) is 11.6. The Morgan fingerprint density at radius 1 is 1.14 bits per heavy atom. The van der Waals surface area contributed by atoms with E-state index >= 15 is 0 Å². The zero-order chi connectivity index (χ0) is 20.4. The van der Waals surface area contributed by atoms with Crippen LogP contribution in [0.5, 0.6) is 0 Å². The van der Waals surface area contributed by atoms with Gasteiger partial charge in [-0.3, -0.25) is 19.8 Å². The third kappa shape index (κ3) is 3.84. The average molecular weight is 394 g/mol. The Morgan fingerprint density at radius 2 is 1.82 bits per heavy atom. The fourth-order valence-corrected chi connectivity index (χ4v) is 3.09. The van der Waals surface area contributed by atoms with E-state index in [9.17, 15) is 19.5 Å². The van der Waals surface area contributed by atoms with Crippen molar-refractivity contribution in [2.75, 3.05) is 4.90 Å². The molecule has 6 nitrogen and oxygen atoms in total. The highest BCUT2D eigenvalue weighted by Gasteiger charge is 2.34. The number of thiocarbonyl (C=S) groups is 1. The maximum atomic E-state index is 13.0. The van der Waals surface area contributed by atoms with Crippen molar-refractivity contribution in [1.82, 2.24) is 5.32 Å². The van der Waals surface area contributed by atoms with E-state index < -0.39 is 17.8 Å². The first-order valence-corrected chi connectivity index (χ1v) is 9.03. The Labute approximate surface area is 167 Å². The van der Waals surface area contributed by atoms with Gasteiger partial charge in [-0.1, -0.05) is 44.2 Å². The molecule has 1 saturated heterocycles. The van der Waals surface area contributed by atoms with Gasteiger partial charge in [-0.05, 0) is 53.5 Å². The number of benzene rings is 2. The van der Waals surface area contributed by atoms with Gasteiger partial charge in [0.15, 0.2) is 5.11 Å². The third-order valence-electron chi connectivity index (χ3n) is 4.37. The molecule has 2 amide bonds. The summed E-state index contributed by atoms with van der Waals surface area (Å²) < 4.78 is 0. The molecule has 1 aliphatic heterocycles. The van der Waals surface area contributed by atoms with Crippen molar-refractivity contribution in [1.29, 1.82) is 0 Å². The van der Waals surface area contributed by atoms with Crippen LogP contribution < -0.4 is 10.2 Å². The van der Waals surface area contributed by atoms with Crippen LogP contribution in [0.3, 0.4) is 0 Å². The zero-order valence-electron chi connectivity index (χ0n) is 15.3. The molecule has 2 aromatic carbocycles. The number of carbonyl (C=O) groups is 3. The summed E-state index contributed by atoms with van der Waals surface area (Å²) in [6.07, 6.45) is 1.50. The molecule has 1 aliphatic rings. The number of hydrogen-bond acceptors (Lipinski definition) is 4. The van der Waals surface area contributed by atoms with E-state index in [4.69, 9.17) is 12.2 Å². The number of aromatic carboxylic acids is 1. The minimum absolute atomic E-state index is 0.0137. The average Bonchev–Trinajstić information content (AvgIpc) is 2.65. The molecule has 7 heteroatoms. The molecular weight excluding hydrogens is 376 g/mol. The predicted octanol–water partition coefficient (Wildman–Crippen LogP) is 3.34. The SMILES string of the molecule is CC(C)c1ccc(C=C2C(=O)NC(=S)N(c3cccc(C(=O)O)c3)C2=O)cc1. The van der Waals surface area contributed by atoms with Crippen LogP contribution in [-0.2, 0) is 9.59 Å². The Hall–Kier alpha value is -3.32. The summed E-state index contributed by atoms with van der Waals surface area (Å²) in [5.41, 5.74) is 2.06. The molecule has 0 saturated carbocycles. The molecule has 0 aliphatic carbocycles. The third-order valence-corrected chi connectivity index (χ3v) is 4.65. The van der Waals surface area contributed by atoms with Crippen molar-refractivity contribution in [3.05, 3.63) is 70.8 Å². The second-order valence-electron chi connectivity index (χ2n) is 6.63. The highest BCUT2D eigenvalue weighted by atomic mass is 32.1. The molecule has 142 valence electrons. The molecule has 0 aromatic heterocycles. The van der Waals surface area contributed by atoms with Crippen LogP contribution in [0.15, 0.2) is 54.1 Å². The summed E-state index contributed by atoms with van der Waals surface area (Å²) >= 11 is 5.13. The number of carbonyl (C=O) groups excluding carboxylic acids is 2. The lowest BCUT2D eigenvalue weighted by atomic mass is 10.0. The largest absolute Gasteiger partial charge is 0.478 e. The molecule has 2 aromatic rings. The van der Waals surface area contributed by atoms with Crippen LogP contribution >= 0.6 is 12.2 Å². The van der Waals surface area contributed by atoms with E-state index in [0.29, 0.717) is 11.5 Å². The Kier molecular flexibility index (Phi) is 5.37. The number of amides is 2. The topological polar surface area (TPSA) is 86.7 Å². The summed E-state index contributed by atoms with van der Waals surface area (Å²) in [7, 11) is 0. The molecule has 0 bridgehead atoms. The quantitative estimate of drug-likeness (QED) is 0.472. The van der Waals surface area contributed by atoms with Gasteiger partial charge < -0.3 is 5.11 Å². The van der Waals surface area contributed by atoms with Crippen LogP contribution in [0.4, 0.5) is 5.69 Å². The molecule has 2 N–H and O–H groups in total. The molecule has 0 unspecified atom stereocenters. The highest BCUT2D eigenvalue weighted by molar-refractivity contribution is 7.80. The van der Waals surface area contributed by atoms with Gasteiger partial charge >= 0.3 is 5.97 Å². The first-order valence-electron chi connectivity index (χ1n) is 8.62. The second-order valence-corrected chi connectivity index (χ2v) is 7.02. The summed E-state index contributed by atoms with van der Waals surface area (Å²) in [6.45, 7) is 4.16. The van der Waals surface area contributed by atoms with Crippen LogP contribution in [0, 0.1) is 0 Å². The number of carboxylic acid groups (broad SMARTS) is 1. The molecule has 0 radical (unpaired) electrons. The number of anilines is 1. The van der Waals surface area contributed by atoms with Gasteiger partial charge in [-0.2, -0.15) is 0 Å². The van der Waals surface area contributed by atoms with Gasteiger partial charge in [0.1, 0.15) is 5.57 Å². The first kappa shape index (κ1) is 19.4. The molecule has 0 spiro atoms. The fraction of sp³-hybridized carbons (Fsp3) is 0.143. The second kappa shape index (κ2) is 7.74. The number of nitrogens with one attached hydrogen (secondary N) is 1. The minimum atomic E-state index is -1.12. The van der Waals surface area contributed by atoms with E-state index in [1.165, 1.54) is 24.3 Å². The van der Waals surface area contributed by atoms with Crippen LogP contribution in [0.25, 0.3) is 6.08 Å². The maximum absolute atomic E-state index is 13.0. The number of hydrogen-bond donors (Lipinski definition) is 2. The normalized spacial score (nSPS) is 15.9. The molecule has 1 fully saturated rings. The van der Waals surface area contributed by atoms with Gasteiger partial charge in [0.05, 0.1) is 11.3 Å². The minimum Gasteiger partial charge on any atom is -0.478 e. The van der Waals surface area contributed by atoms with E-state index in [-0.39, 0.29) is 21.9 Å². The lowest BCUT2D eigenvalue weighted by molar-refractivity contribution is -0.122. The van der Waals surface area contributed by atoms with E-state index in [1.807, 2.05) is 24.3 Å². The lowest BCUT2D eigenvalue weighted by Gasteiger charge is -2.29. The fourth-order valence-electron chi connectivity index (χ4n) is 2.81. The zero-order valence-corrected chi connectivity index (χ0v) is 16.1. The van der Waals surface area contributed by atoms with Gasteiger partial charge in [0, 0.05) is 0 Å². The smallest absolute Gasteiger partial charge is 0.335 e. The molecule has 1 heterocycles. The van der Waals surface area contributed by atoms with Crippen molar-refractivity contribution >= 4 is 46.9 Å². The van der Waals surface area contributed by atoms with Gasteiger partial charge in [0.2, 0.25) is 0 Å². The van der Waals surface area contributed by atoms with Crippen molar-refractivity contribution in [3.63, 3.8) is 0 Å². The Bertz CT molecular complexity index is 1010. The Morgan fingerprint density at radius 3 is 2.43 bits per heavy atom. The Balaban J connectivity index is 1.98. The van der Waals surface area contributed by atoms with Crippen molar-refractivity contribution in [3.8, 4) is 0 Å². The molecule has 28 heavy (non-hydrogen) atoms. The van der Waals surface area contributed by atoms with E-state index in [0.717, 1.165) is 10.5 Å². The van der Waals surface area contributed by atoms with Gasteiger partial charge in [-0.25, -0.2) is 4.79 Å². The van der Waals surface area contributed by atoms with Crippen LogP contribution in [0.1, 0.15) is 41.3 Å². The highest BCUT2D eigenvalue weighted by Crippen LogP contribution is 2.23. The van der Waals surface area contributed by atoms with E-state index in [1.54, 1.807) is 6.07 Å². The van der Waals surface area contributed by atoms with Crippen LogP contribution in [0.2, 0.25) is 0 Å². The molecule has 0 atom stereocenters. The van der Waals surface area contributed by atoms with Crippen molar-refractivity contribution in [2.45, 2.75) is 19.8 Å². The van der Waals surface area contributed by atoms with Gasteiger partial charge in [-0.15, -0.1) is 0 Å². The van der Waals surface area contributed by atoms with Gasteiger partial charge in [0.25, 0.3) is 11.8 Å². The molecular formula is C21H18N2O4S. The first-order chi connectivity index (χ1) is 13.3. The van der Waals surface area contributed by atoms with Crippen molar-refractivity contribution < 1.29 is 19.5 Å². The summed E-state index contributed by atoms with van der Waals surface area (Å²) in [4.78, 5) is 37.6. The summed E-state index contributed by atoms with van der Waals surface area (Å²) in [5.74, 6) is -1.95. The predicted molar refractivity (Wildman–Crippen MR) is 110 cm³/mol. The van der Waals surface area contributed by atoms with E-state index in [2.05, 4.69) is 19.2 Å². The number of rotatable bonds is 4. The summed E-state index contributed by atoms with van der Waals surface area (Å²) in [6, 6.07) is 13.4. The number of carboxylic acids is 1. The monoisotopic (exact) mass is 394 g/mol. The number of nitrogens with zero attached hydrogens (tertiary/aromatic N) is 1. The van der Waals surface area contributed by atoms with Crippen LogP contribution in [-0.4, -0.2) is 28.0 Å². The van der Waals surface area contributed by atoms with Crippen molar-refractivity contribution in [2.24, 2.45) is 0 Å². The molecule has 3 rings (SSSR count). The maximum Gasteiger partial charge on any atom is 0.335 e.